The number of fused-ring (bicyclic) bond motifs is 1. The van der Waals surface area contributed by atoms with Gasteiger partial charge in [0, 0.05) is 18.7 Å². The van der Waals surface area contributed by atoms with Crippen LogP contribution in [0, 0.1) is 12.8 Å². The number of amidine groups is 1. The highest BCUT2D eigenvalue weighted by atomic mass is 32.2. The molecule has 28 heavy (non-hydrogen) atoms. The molecule has 0 aliphatic carbocycles. The van der Waals surface area contributed by atoms with E-state index in [2.05, 4.69) is 4.40 Å². The predicted octanol–water partition coefficient (Wildman–Crippen LogP) is 2.90. The molecule has 0 spiro atoms. The average molecular weight is 398 g/mol. The number of piperidine rings is 1. The highest BCUT2D eigenvalue weighted by Gasteiger charge is 2.34. The van der Waals surface area contributed by atoms with Crippen LogP contribution < -0.4 is 0 Å². The van der Waals surface area contributed by atoms with Crippen LogP contribution in [0.3, 0.4) is 0 Å². The van der Waals surface area contributed by atoms with Gasteiger partial charge in [0.25, 0.3) is 10.0 Å². The summed E-state index contributed by atoms with van der Waals surface area (Å²) in [5, 5.41) is 0. The van der Waals surface area contributed by atoms with Crippen molar-refractivity contribution < 1.29 is 17.9 Å². The summed E-state index contributed by atoms with van der Waals surface area (Å²) in [6.07, 6.45) is 1.24. The van der Waals surface area contributed by atoms with Gasteiger partial charge in [0.2, 0.25) is 0 Å². The molecular formula is C21H22N2O4S. The predicted molar refractivity (Wildman–Crippen MR) is 105 cm³/mol. The Balaban J connectivity index is 1.37. The SMILES string of the molecule is Cc1cccc(COC(=O)C2CCN(C3=NS(=O)(=O)c4ccccc43)CC2)c1. The number of ether oxygens (including phenoxy) is 1. The molecule has 1 saturated heterocycles. The molecule has 2 heterocycles. The van der Waals surface area contributed by atoms with Crippen LogP contribution >= 0.6 is 0 Å². The molecule has 6 nitrogen and oxygen atoms in total. The van der Waals surface area contributed by atoms with E-state index in [1.807, 2.05) is 42.2 Å². The van der Waals surface area contributed by atoms with Crippen molar-refractivity contribution in [3.63, 3.8) is 0 Å². The topological polar surface area (TPSA) is 76.0 Å². The monoisotopic (exact) mass is 398 g/mol. The molecule has 0 amide bonds. The summed E-state index contributed by atoms with van der Waals surface area (Å²) in [6, 6.07) is 14.8. The van der Waals surface area contributed by atoms with Gasteiger partial charge in [-0.15, -0.1) is 4.40 Å². The van der Waals surface area contributed by atoms with Crippen LogP contribution in [0.25, 0.3) is 0 Å². The summed E-state index contributed by atoms with van der Waals surface area (Å²) in [6.45, 7) is 3.43. The van der Waals surface area contributed by atoms with Crippen molar-refractivity contribution in [2.24, 2.45) is 10.3 Å². The summed E-state index contributed by atoms with van der Waals surface area (Å²) >= 11 is 0. The molecule has 1 fully saturated rings. The largest absolute Gasteiger partial charge is 0.461 e. The Morgan fingerprint density at radius 1 is 1.14 bits per heavy atom. The Labute approximate surface area is 164 Å². The second-order valence-electron chi connectivity index (χ2n) is 7.24. The molecule has 0 atom stereocenters. The molecule has 2 aromatic rings. The smallest absolute Gasteiger partial charge is 0.309 e. The molecule has 0 saturated carbocycles. The van der Waals surface area contributed by atoms with E-state index in [-0.39, 0.29) is 23.4 Å². The highest BCUT2D eigenvalue weighted by Crippen LogP contribution is 2.30. The number of sulfonamides is 1. The van der Waals surface area contributed by atoms with Gasteiger partial charge in [-0.05, 0) is 37.5 Å². The fourth-order valence-electron chi connectivity index (χ4n) is 3.72. The minimum absolute atomic E-state index is 0.171. The summed E-state index contributed by atoms with van der Waals surface area (Å²) in [4.78, 5) is 14.6. The molecule has 0 N–H and O–H groups in total. The zero-order valence-corrected chi connectivity index (χ0v) is 16.5. The normalized spacial score (nSPS) is 18.5. The molecule has 7 heteroatoms. The van der Waals surface area contributed by atoms with Crippen LogP contribution in [-0.2, 0) is 26.2 Å². The number of carbonyl (C=O) groups excluding carboxylic acids is 1. The van der Waals surface area contributed by atoms with Crippen molar-refractivity contribution in [1.82, 2.24) is 4.90 Å². The van der Waals surface area contributed by atoms with E-state index in [1.54, 1.807) is 18.2 Å². The van der Waals surface area contributed by atoms with E-state index in [0.717, 1.165) is 11.1 Å². The van der Waals surface area contributed by atoms with E-state index in [4.69, 9.17) is 4.74 Å². The fourth-order valence-corrected chi connectivity index (χ4v) is 4.95. The molecule has 4 rings (SSSR count). The van der Waals surface area contributed by atoms with Gasteiger partial charge in [-0.2, -0.15) is 8.42 Å². The Bertz CT molecular complexity index is 1040. The average Bonchev–Trinajstić information content (AvgIpc) is 2.98. The molecule has 0 bridgehead atoms. The Morgan fingerprint density at radius 2 is 1.89 bits per heavy atom. The zero-order valence-electron chi connectivity index (χ0n) is 15.7. The van der Waals surface area contributed by atoms with Crippen molar-refractivity contribution in [3.05, 3.63) is 65.2 Å². The van der Waals surface area contributed by atoms with Gasteiger partial charge >= 0.3 is 5.97 Å². The van der Waals surface area contributed by atoms with E-state index >= 15 is 0 Å². The molecular weight excluding hydrogens is 376 g/mol. The van der Waals surface area contributed by atoms with Gasteiger partial charge in [0.1, 0.15) is 11.5 Å². The first-order valence-electron chi connectivity index (χ1n) is 9.35. The van der Waals surface area contributed by atoms with Crippen LogP contribution in [0.5, 0.6) is 0 Å². The first kappa shape index (κ1) is 18.7. The number of rotatable bonds is 3. The lowest BCUT2D eigenvalue weighted by molar-refractivity contribution is -0.151. The Kier molecular flexibility index (Phi) is 4.93. The lowest BCUT2D eigenvalue weighted by Crippen LogP contribution is -2.40. The maximum Gasteiger partial charge on any atom is 0.309 e. The second kappa shape index (κ2) is 7.39. The summed E-state index contributed by atoms with van der Waals surface area (Å²) in [5.41, 5.74) is 2.75. The fraction of sp³-hybridized carbons (Fsp3) is 0.333. The summed E-state index contributed by atoms with van der Waals surface area (Å²) < 4.78 is 33.9. The minimum atomic E-state index is -3.62. The second-order valence-corrected chi connectivity index (χ2v) is 8.82. The van der Waals surface area contributed by atoms with Gasteiger partial charge < -0.3 is 9.64 Å². The van der Waals surface area contributed by atoms with E-state index < -0.39 is 10.0 Å². The molecule has 0 radical (unpaired) electrons. The van der Waals surface area contributed by atoms with Crippen molar-refractivity contribution in [1.29, 1.82) is 0 Å². The van der Waals surface area contributed by atoms with E-state index in [0.29, 0.717) is 37.3 Å². The van der Waals surface area contributed by atoms with Crippen LogP contribution in [0.4, 0.5) is 0 Å². The van der Waals surface area contributed by atoms with Crippen molar-refractivity contribution in [2.45, 2.75) is 31.3 Å². The van der Waals surface area contributed by atoms with Gasteiger partial charge in [0.15, 0.2) is 5.84 Å². The first-order chi connectivity index (χ1) is 13.4. The van der Waals surface area contributed by atoms with Crippen LogP contribution in [-0.4, -0.2) is 38.2 Å². The molecule has 146 valence electrons. The third-order valence-corrected chi connectivity index (χ3v) is 6.53. The minimum Gasteiger partial charge on any atom is -0.461 e. The van der Waals surface area contributed by atoms with Gasteiger partial charge in [0.05, 0.1) is 5.92 Å². The number of hydrogen-bond donors (Lipinski definition) is 0. The van der Waals surface area contributed by atoms with Gasteiger partial charge in [-0.3, -0.25) is 4.79 Å². The van der Waals surface area contributed by atoms with Gasteiger partial charge in [-0.25, -0.2) is 0 Å². The molecule has 2 aliphatic rings. The standard InChI is InChI=1S/C21H22N2O4S/c1-15-5-4-6-16(13-15)14-27-21(24)17-9-11-23(12-10-17)20-18-7-2-3-8-19(18)28(25,26)22-20/h2-8,13,17H,9-12,14H2,1H3. The zero-order chi connectivity index (χ0) is 19.7. The number of nitrogens with zero attached hydrogens (tertiary/aromatic N) is 2. The number of carbonyl (C=O) groups is 1. The highest BCUT2D eigenvalue weighted by molar-refractivity contribution is 7.90. The lowest BCUT2D eigenvalue weighted by atomic mass is 9.96. The van der Waals surface area contributed by atoms with E-state index in [9.17, 15) is 13.2 Å². The van der Waals surface area contributed by atoms with Crippen molar-refractivity contribution >= 4 is 21.8 Å². The van der Waals surface area contributed by atoms with Crippen LogP contribution in [0.2, 0.25) is 0 Å². The molecule has 2 aliphatic heterocycles. The van der Waals surface area contributed by atoms with Crippen molar-refractivity contribution in [2.75, 3.05) is 13.1 Å². The number of hydrogen-bond acceptors (Lipinski definition) is 5. The Morgan fingerprint density at radius 3 is 2.64 bits per heavy atom. The third kappa shape index (κ3) is 3.67. The number of benzene rings is 2. The maximum atomic E-state index is 12.4. The van der Waals surface area contributed by atoms with Crippen molar-refractivity contribution in [3.8, 4) is 0 Å². The lowest BCUT2D eigenvalue weighted by Gasteiger charge is -2.32. The van der Waals surface area contributed by atoms with Crippen LogP contribution in [0.1, 0.15) is 29.5 Å². The number of likely N-dealkylation sites (tertiary alicyclic amines) is 1. The quantitative estimate of drug-likeness (QED) is 0.743. The Hall–Kier alpha value is -2.67. The molecule has 0 unspecified atom stereocenters. The number of esters is 1. The number of aryl methyl sites for hydroxylation is 1. The van der Waals surface area contributed by atoms with E-state index in [1.165, 1.54) is 0 Å². The summed E-state index contributed by atoms with van der Waals surface area (Å²) in [5.74, 6) is 0.125. The van der Waals surface area contributed by atoms with Crippen LogP contribution in [0.15, 0.2) is 57.8 Å². The van der Waals surface area contributed by atoms with Gasteiger partial charge in [-0.1, -0.05) is 42.0 Å². The molecule has 2 aromatic carbocycles. The third-order valence-electron chi connectivity index (χ3n) is 5.20. The maximum absolute atomic E-state index is 12.4. The molecule has 0 aromatic heterocycles. The first-order valence-corrected chi connectivity index (χ1v) is 10.8. The summed E-state index contributed by atoms with van der Waals surface area (Å²) in [7, 11) is -3.62.